The van der Waals surface area contributed by atoms with Gasteiger partial charge >= 0.3 is 0 Å². The molecular weight excluding hydrogens is 464 g/mol. The van der Waals surface area contributed by atoms with Gasteiger partial charge in [0.2, 0.25) is 11.7 Å². The van der Waals surface area contributed by atoms with Crippen LogP contribution in [-0.4, -0.2) is 74.3 Å². The van der Waals surface area contributed by atoms with E-state index >= 15 is 0 Å². The lowest BCUT2D eigenvalue weighted by atomic mass is 10.1. The molecule has 2 aromatic carbocycles. The summed E-state index contributed by atoms with van der Waals surface area (Å²) in [6.45, 7) is 2.84. The first kappa shape index (κ1) is 24.7. The van der Waals surface area contributed by atoms with Gasteiger partial charge in [-0.1, -0.05) is 18.2 Å². The van der Waals surface area contributed by atoms with Gasteiger partial charge in [0.1, 0.15) is 0 Å². The molecule has 184 valence electrons. The third kappa shape index (κ3) is 5.97. The summed E-state index contributed by atoms with van der Waals surface area (Å²) in [6, 6.07) is 17.8. The van der Waals surface area contributed by atoms with Crippen LogP contribution in [0.15, 0.2) is 59.5 Å². The van der Waals surface area contributed by atoms with Gasteiger partial charge in [0.05, 0.1) is 27.0 Å². The van der Waals surface area contributed by atoms with Crippen LogP contribution in [0.5, 0.6) is 17.2 Å². The van der Waals surface area contributed by atoms with E-state index < -0.39 is 0 Å². The molecule has 0 N–H and O–H groups in total. The zero-order chi connectivity index (χ0) is 24.6. The normalized spacial score (nSPS) is 13.5. The zero-order valence-corrected chi connectivity index (χ0v) is 21.1. The molecule has 8 nitrogen and oxygen atoms in total. The van der Waals surface area contributed by atoms with Gasteiger partial charge in [-0.05, 0) is 36.4 Å². The average molecular weight is 495 g/mol. The molecule has 2 heterocycles. The third-order valence-corrected chi connectivity index (χ3v) is 6.91. The van der Waals surface area contributed by atoms with Crippen molar-refractivity contribution in [2.45, 2.75) is 11.3 Å². The first-order valence-corrected chi connectivity index (χ1v) is 12.5. The summed E-state index contributed by atoms with van der Waals surface area (Å²) in [4.78, 5) is 17.9. The Labute approximate surface area is 210 Å². The number of amides is 1. The standard InChI is InChI=1S/C26H30N4O4S/c1-32-22-17-19(18-23(33-2)26(22)34-3)21-9-10-24(28-27-21)29-12-14-30(15-13-29)25(31)11-16-35-20-7-5-4-6-8-20/h4-10,17-18H,11-16H2,1-3H3. The van der Waals surface area contributed by atoms with Crippen LogP contribution < -0.4 is 19.1 Å². The molecule has 1 aromatic heterocycles. The molecule has 1 saturated heterocycles. The van der Waals surface area contributed by atoms with Gasteiger partial charge in [0.15, 0.2) is 17.3 Å². The molecule has 1 fully saturated rings. The molecule has 4 rings (SSSR count). The molecule has 0 unspecified atom stereocenters. The number of nitrogens with zero attached hydrogens (tertiary/aromatic N) is 4. The van der Waals surface area contributed by atoms with Crippen molar-refractivity contribution in [1.29, 1.82) is 0 Å². The molecule has 0 saturated carbocycles. The Hall–Kier alpha value is -3.46. The van der Waals surface area contributed by atoms with Gasteiger partial charge < -0.3 is 24.0 Å². The monoisotopic (exact) mass is 494 g/mol. The van der Waals surface area contributed by atoms with Crippen LogP contribution in [0.4, 0.5) is 5.82 Å². The van der Waals surface area contributed by atoms with E-state index in [0.29, 0.717) is 42.5 Å². The first-order chi connectivity index (χ1) is 17.1. The lowest BCUT2D eigenvalue weighted by molar-refractivity contribution is -0.131. The minimum atomic E-state index is 0.205. The molecule has 9 heteroatoms. The minimum absolute atomic E-state index is 0.205. The number of carbonyl (C=O) groups is 1. The molecule has 0 atom stereocenters. The van der Waals surface area contributed by atoms with Crippen LogP contribution in [0.1, 0.15) is 6.42 Å². The van der Waals surface area contributed by atoms with Crippen LogP contribution in [0, 0.1) is 0 Å². The Morgan fingerprint density at radius 1 is 0.886 bits per heavy atom. The van der Waals surface area contributed by atoms with Crippen LogP contribution in [-0.2, 0) is 4.79 Å². The molecule has 0 aliphatic carbocycles. The zero-order valence-electron chi connectivity index (χ0n) is 20.3. The van der Waals surface area contributed by atoms with Crippen molar-refractivity contribution in [3.05, 3.63) is 54.6 Å². The largest absolute Gasteiger partial charge is 0.493 e. The summed E-state index contributed by atoms with van der Waals surface area (Å²) in [5.41, 5.74) is 1.53. The maximum Gasteiger partial charge on any atom is 0.223 e. The molecule has 35 heavy (non-hydrogen) atoms. The summed E-state index contributed by atoms with van der Waals surface area (Å²) in [5.74, 6) is 3.46. The van der Waals surface area contributed by atoms with Gasteiger partial charge in [0.25, 0.3) is 0 Å². The Bertz CT molecular complexity index is 1090. The summed E-state index contributed by atoms with van der Waals surface area (Å²) in [7, 11) is 4.75. The predicted molar refractivity (Wildman–Crippen MR) is 138 cm³/mol. The van der Waals surface area contributed by atoms with E-state index in [1.807, 2.05) is 47.4 Å². The number of carbonyl (C=O) groups excluding carboxylic acids is 1. The summed E-state index contributed by atoms with van der Waals surface area (Å²) in [5, 5.41) is 8.87. The lowest BCUT2D eigenvalue weighted by Gasteiger charge is -2.35. The SMILES string of the molecule is COc1cc(-c2ccc(N3CCN(C(=O)CCSc4ccccc4)CC3)nn2)cc(OC)c1OC. The Morgan fingerprint density at radius 2 is 1.57 bits per heavy atom. The number of ether oxygens (including phenoxy) is 3. The second kappa shape index (κ2) is 11.8. The third-order valence-electron chi connectivity index (χ3n) is 5.90. The molecule has 1 aliphatic heterocycles. The van der Waals surface area contributed by atoms with Crippen LogP contribution in [0.3, 0.4) is 0 Å². The van der Waals surface area contributed by atoms with Gasteiger partial charge in [-0.15, -0.1) is 22.0 Å². The maximum absolute atomic E-state index is 12.6. The average Bonchev–Trinajstić information content (AvgIpc) is 2.93. The number of aromatic nitrogens is 2. The number of benzene rings is 2. The van der Waals surface area contributed by atoms with Gasteiger partial charge in [-0.2, -0.15) is 0 Å². The molecule has 3 aromatic rings. The highest BCUT2D eigenvalue weighted by Crippen LogP contribution is 2.40. The molecule has 1 amide bonds. The fraction of sp³-hybridized carbons (Fsp3) is 0.346. The quantitative estimate of drug-likeness (QED) is 0.413. The summed E-state index contributed by atoms with van der Waals surface area (Å²) < 4.78 is 16.3. The van der Waals surface area contributed by atoms with Crippen molar-refractivity contribution in [3.8, 4) is 28.5 Å². The van der Waals surface area contributed by atoms with Crippen molar-refractivity contribution in [2.24, 2.45) is 0 Å². The smallest absolute Gasteiger partial charge is 0.223 e. The molecule has 0 spiro atoms. The van der Waals surface area contributed by atoms with E-state index in [4.69, 9.17) is 14.2 Å². The molecule has 1 aliphatic rings. The van der Waals surface area contributed by atoms with E-state index in [2.05, 4.69) is 27.2 Å². The molecule has 0 bridgehead atoms. The number of thioether (sulfide) groups is 1. The van der Waals surface area contributed by atoms with Crippen LogP contribution in [0.25, 0.3) is 11.3 Å². The van der Waals surface area contributed by atoms with Gasteiger partial charge in [0, 0.05) is 48.8 Å². The minimum Gasteiger partial charge on any atom is -0.493 e. The predicted octanol–water partition coefficient (Wildman–Crippen LogP) is 4.00. The summed E-state index contributed by atoms with van der Waals surface area (Å²) >= 11 is 1.72. The maximum atomic E-state index is 12.6. The first-order valence-electron chi connectivity index (χ1n) is 11.5. The number of rotatable bonds is 9. The fourth-order valence-corrected chi connectivity index (χ4v) is 4.85. The van der Waals surface area contributed by atoms with E-state index in [-0.39, 0.29) is 5.91 Å². The second-order valence-corrected chi connectivity index (χ2v) is 9.14. The van der Waals surface area contributed by atoms with E-state index in [0.717, 1.165) is 30.2 Å². The number of methoxy groups -OCH3 is 3. The molecular formula is C26H30N4O4S. The Morgan fingerprint density at radius 3 is 2.14 bits per heavy atom. The van der Waals surface area contributed by atoms with Gasteiger partial charge in [-0.25, -0.2) is 0 Å². The van der Waals surface area contributed by atoms with E-state index in [1.165, 1.54) is 4.90 Å². The van der Waals surface area contributed by atoms with E-state index in [9.17, 15) is 4.79 Å². The number of piperazine rings is 1. The van der Waals surface area contributed by atoms with Crippen LogP contribution in [0.2, 0.25) is 0 Å². The Kier molecular flexibility index (Phi) is 8.31. The second-order valence-electron chi connectivity index (χ2n) is 7.97. The number of anilines is 1. The summed E-state index contributed by atoms with van der Waals surface area (Å²) in [6.07, 6.45) is 0.544. The number of hydrogen-bond donors (Lipinski definition) is 0. The van der Waals surface area contributed by atoms with Crippen molar-refractivity contribution in [3.63, 3.8) is 0 Å². The van der Waals surface area contributed by atoms with Crippen molar-refractivity contribution in [2.75, 3.05) is 58.2 Å². The highest BCUT2D eigenvalue weighted by Gasteiger charge is 2.22. The lowest BCUT2D eigenvalue weighted by Crippen LogP contribution is -2.49. The topological polar surface area (TPSA) is 77.0 Å². The highest BCUT2D eigenvalue weighted by molar-refractivity contribution is 7.99. The Balaban J connectivity index is 1.32. The van der Waals surface area contributed by atoms with Crippen molar-refractivity contribution in [1.82, 2.24) is 15.1 Å². The number of hydrogen-bond acceptors (Lipinski definition) is 8. The highest BCUT2D eigenvalue weighted by atomic mass is 32.2. The molecule has 0 radical (unpaired) electrons. The van der Waals surface area contributed by atoms with Crippen LogP contribution >= 0.6 is 11.8 Å². The fourth-order valence-electron chi connectivity index (χ4n) is 3.99. The van der Waals surface area contributed by atoms with Crippen molar-refractivity contribution < 1.29 is 19.0 Å². The van der Waals surface area contributed by atoms with Crippen molar-refractivity contribution >= 4 is 23.5 Å². The van der Waals surface area contributed by atoms with E-state index in [1.54, 1.807) is 33.1 Å². The van der Waals surface area contributed by atoms with Gasteiger partial charge in [-0.3, -0.25) is 4.79 Å².